The van der Waals surface area contributed by atoms with Crippen molar-refractivity contribution in [1.82, 2.24) is 4.90 Å². The van der Waals surface area contributed by atoms with Crippen molar-refractivity contribution in [2.45, 2.75) is 32.7 Å². The van der Waals surface area contributed by atoms with Gasteiger partial charge in [0, 0.05) is 26.2 Å². The fourth-order valence-electron chi connectivity index (χ4n) is 2.55. The second-order valence-corrected chi connectivity index (χ2v) is 5.49. The third-order valence-corrected chi connectivity index (χ3v) is 3.92. The van der Waals surface area contributed by atoms with Crippen LogP contribution in [-0.4, -0.2) is 48.7 Å². The molecular formula is C16H26N2O2. The largest absolute Gasteiger partial charge is 0.480 e. The molecule has 0 aliphatic rings. The summed E-state index contributed by atoms with van der Waals surface area (Å²) in [6.45, 7) is 7.27. The lowest BCUT2D eigenvalue weighted by atomic mass is 9.90. The Bertz CT molecular complexity index is 438. The van der Waals surface area contributed by atoms with Crippen molar-refractivity contribution in [3.05, 3.63) is 29.8 Å². The normalized spacial score (nSPS) is 14.1. The lowest BCUT2D eigenvalue weighted by Crippen LogP contribution is -2.53. The van der Waals surface area contributed by atoms with E-state index in [1.165, 1.54) is 0 Å². The van der Waals surface area contributed by atoms with Gasteiger partial charge in [-0.05, 0) is 37.7 Å². The Morgan fingerprint density at radius 1 is 1.15 bits per heavy atom. The fraction of sp³-hybridized carbons (Fsp3) is 0.562. The summed E-state index contributed by atoms with van der Waals surface area (Å²) in [5.41, 5.74) is 1.31. The standard InChI is InChI=1S/C16H26N2O2/c1-6-18(7-2)16(3,15(19)20)12-13-8-10-14(11-9-13)17(4)5/h8-11H,6-7,12H2,1-5H3,(H,19,20). The number of carboxylic acid groups (broad SMARTS) is 1. The SMILES string of the molecule is CCN(CC)C(C)(Cc1ccc(N(C)C)cc1)C(=O)O. The summed E-state index contributed by atoms with van der Waals surface area (Å²) in [5, 5.41) is 9.62. The van der Waals surface area contributed by atoms with Crippen LogP contribution in [0.5, 0.6) is 0 Å². The van der Waals surface area contributed by atoms with E-state index < -0.39 is 11.5 Å². The minimum Gasteiger partial charge on any atom is -0.480 e. The summed E-state index contributed by atoms with van der Waals surface area (Å²) in [4.78, 5) is 15.7. The highest BCUT2D eigenvalue weighted by molar-refractivity contribution is 5.78. The molecule has 112 valence electrons. The zero-order chi connectivity index (χ0) is 15.3. The van der Waals surface area contributed by atoms with E-state index in [1.807, 2.05) is 68.9 Å². The zero-order valence-corrected chi connectivity index (χ0v) is 13.2. The van der Waals surface area contributed by atoms with Gasteiger partial charge in [-0.25, -0.2) is 0 Å². The van der Waals surface area contributed by atoms with Gasteiger partial charge in [0.15, 0.2) is 0 Å². The summed E-state index contributed by atoms with van der Waals surface area (Å²) in [6.07, 6.45) is 0.512. The van der Waals surface area contributed by atoms with E-state index in [2.05, 4.69) is 0 Å². The van der Waals surface area contributed by atoms with Crippen LogP contribution < -0.4 is 4.90 Å². The van der Waals surface area contributed by atoms with E-state index in [1.54, 1.807) is 0 Å². The fourth-order valence-corrected chi connectivity index (χ4v) is 2.55. The number of carbonyl (C=O) groups is 1. The van der Waals surface area contributed by atoms with Crippen molar-refractivity contribution >= 4 is 11.7 Å². The number of benzene rings is 1. The maximum Gasteiger partial charge on any atom is 0.324 e. The molecule has 1 N–H and O–H groups in total. The molecule has 0 aliphatic carbocycles. The first-order chi connectivity index (χ1) is 9.35. The second-order valence-electron chi connectivity index (χ2n) is 5.49. The second kappa shape index (κ2) is 6.75. The molecule has 1 aromatic carbocycles. The van der Waals surface area contributed by atoms with Crippen LogP contribution in [0.25, 0.3) is 0 Å². The van der Waals surface area contributed by atoms with E-state index in [0.717, 1.165) is 24.3 Å². The van der Waals surface area contributed by atoms with E-state index >= 15 is 0 Å². The number of hydrogen-bond donors (Lipinski definition) is 1. The Morgan fingerprint density at radius 2 is 1.65 bits per heavy atom. The van der Waals surface area contributed by atoms with Gasteiger partial charge in [-0.3, -0.25) is 9.69 Å². The molecule has 0 aliphatic heterocycles. The lowest BCUT2D eigenvalue weighted by molar-refractivity contribution is -0.150. The summed E-state index contributed by atoms with van der Waals surface area (Å²) in [6, 6.07) is 8.08. The molecule has 1 aromatic rings. The predicted octanol–water partition coefficient (Wildman–Crippen LogP) is 2.48. The van der Waals surface area contributed by atoms with Crippen LogP contribution in [0, 0.1) is 0 Å². The number of hydrogen-bond acceptors (Lipinski definition) is 3. The molecule has 1 atom stereocenters. The van der Waals surface area contributed by atoms with E-state index in [0.29, 0.717) is 6.42 Å². The smallest absolute Gasteiger partial charge is 0.324 e. The molecular weight excluding hydrogens is 252 g/mol. The molecule has 0 saturated carbocycles. The maximum atomic E-state index is 11.7. The third-order valence-electron chi connectivity index (χ3n) is 3.92. The van der Waals surface area contributed by atoms with Gasteiger partial charge in [0.1, 0.15) is 5.54 Å². The van der Waals surface area contributed by atoms with Gasteiger partial charge >= 0.3 is 5.97 Å². The Labute approximate surface area is 122 Å². The molecule has 0 aromatic heterocycles. The summed E-state index contributed by atoms with van der Waals surface area (Å²) in [7, 11) is 3.98. The number of likely N-dealkylation sites (N-methyl/N-ethyl adjacent to an activating group) is 1. The van der Waals surface area contributed by atoms with Crippen LogP contribution in [0.3, 0.4) is 0 Å². The maximum absolute atomic E-state index is 11.7. The van der Waals surface area contributed by atoms with Gasteiger partial charge in [-0.15, -0.1) is 0 Å². The first-order valence-corrected chi connectivity index (χ1v) is 7.09. The molecule has 0 saturated heterocycles. The quantitative estimate of drug-likeness (QED) is 0.832. The molecule has 0 radical (unpaired) electrons. The molecule has 0 spiro atoms. The predicted molar refractivity (Wildman–Crippen MR) is 83.4 cm³/mol. The van der Waals surface area contributed by atoms with Gasteiger partial charge in [0.2, 0.25) is 0 Å². The molecule has 0 fully saturated rings. The number of nitrogens with zero attached hydrogens (tertiary/aromatic N) is 2. The average Bonchev–Trinajstić information content (AvgIpc) is 2.40. The van der Waals surface area contributed by atoms with Crippen LogP contribution in [-0.2, 0) is 11.2 Å². The number of anilines is 1. The molecule has 4 heteroatoms. The van der Waals surface area contributed by atoms with Crippen LogP contribution >= 0.6 is 0 Å². The first kappa shape index (κ1) is 16.5. The average molecular weight is 278 g/mol. The molecule has 0 heterocycles. The minimum atomic E-state index is -0.858. The van der Waals surface area contributed by atoms with E-state index in [-0.39, 0.29) is 0 Å². The highest BCUT2D eigenvalue weighted by Gasteiger charge is 2.38. The Morgan fingerprint density at radius 3 is 2.00 bits per heavy atom. The molecule has 4 nitrogen and oxygen atoms in total. The Balaban J connectivity index is 2.99. The molecule has 1 rings (SSSR count). The minimum absolute atomic E-state index is 0.512. The first-order valence-electron chi connectivity index (χ1n) is 7.09. The van der Waals surface area contributed by atoms with Crippen molar-refractivity contribution in [3.63, 3.8) is 0 Å². The summed E-state index contributed by atoms with van der Waals surface area (Å²) < 4.78 is 0. The zero-order valence-electron chi connectivity index (χ0n) is 13.2. The van der Waals surface area contributed by atoms with E-state index in [9.17, 15) is 9.90 Å². The van der Waals surface area contributed by atoms with Crippen LogP contribution in [0.2, 0.25) is 0 Å². The molecule has 20 heavy (non-hydrogen) atoms. The summed E-state index contributed by atoms with van der Waals surface area (Å²) in [5.74, 6) is -0.766. The molecule has 0 amide bonds. The van der Waals surface area contributed by atoms with Gasteiger partial charge in [0.05, 0.1) is 0 Å². The molecule has 1 unspecified atom stereocenters. The van der Waals surface area contributed by atoms with E-state index in [4.69, 9.17) is 0 Å². The van der Waals surface area contributed by atoms with Crippen molar-refractivity contribution in [1.29, 1.82) is 0 Å². The topological polar surface area (TPSA) is 43.8 Å². The van der Waals surface area contributed by atoms with Crippen LogP contribution in [0.1, 0.15) is 26.3 Å². The van der Waals surface area contributed by atoms with Crippen molar-refractivity contribution in [2.75, 3.05) is 32.1 Å². The highest BCUT2D eigenvalue weighted by Crippen LogP contribution is 2.23. The lowest BCUT2D eigenvalue weighted by Gasteiger charge is -2.36. The van der Waals surface area contributed by atoms with Crippen LogP contribution in [0.15, 0.2) is 24.3 Å². The number of aliphatic carboxylic acids is 1. The summed E-state index contributed by atoms with van der Waals surface area (Å²) >= 11 is 0. The van der Waals surface area contributed by atoms with Crippen molar-refractivity contribution < 1.29 is 9.90 Å². The Kier molecular flexibility index (Phi) is 5.57. The third kappa shape index (κ3) is 3.51. The van der Waals surface area contributed by atoms with Crippen molar-refractivity contribution in [3.8, 4) is 0 Å². The van der Waals surface area contributed by atoms with Crippen LogP contribution in [0.4, 0.5) is 5.69 Å². The monoisotopic (exact) mass is 278 g/mol. The highest BCUT2D eigenvalue weighted by atomic mass is 16.4. The number of rotatable bonds is 7. The van der Waals surface area contributed by atoms with Crippen molar-refractivity contribution in [2.24, 2.45) is 0 Å². The number of carboxylic acids is 1. The van der Waals surface area contributed by atoms with Gasteiger partial charge in [-0.1, -0.05) is 26.0 Å². The van der Waals surface area contributed by atoms with Gasteiger partial charge < -0.3 is 10.0 Å². The Hall–Kier alpha value is -1.55. The van der Waals surface area contributed by atoms with Gasteiger partial charge in [-0.2, -0.15) is 0 Å². The molecule has 0 bridgehead atoms. The van der Waals surface area contributed by atoms with Gasteiger partial charge in [0.25, 0.3) is 0 Å².